The molecule has 1 N–H and O–H groups in total. The molecule has 1 aliphatic rings. The molecular formula is C37H55MdN2-. The smallest absolute Gasteiger partial charge is 0.0245 e. The van der Waals surface area contributed by atoms with Crippen LogP contribution in [0.5, 0.6) is 0 Å². The van der Waals surface area contributed by atoms with E-state index in [9.17, 15) is 0 Å². The number of likely N-dealkylation sites (tertiary alicyclic amines) is 1. The molecule has 3 aromatic rings. The van der Waals surface area contributed by atoms with E-state index in [1.807, 2.05) is 87.5 Å². The number of hydrogen-bond acceptors (Lipinski definition) is 1. The van der Waals surface area contributed by atoms with Crippen LogP contribution in [0.4, 0.5) is 0 Å². The van der Waals surface area contributed by atoms with E-state index in [0.29, 0.717) is 0 Å². The van der Waals surface area contributed by atoms with Crippen molar-refractivity contribution in [3.05, 3.63) is 126 Å². The molecule has 4 rings (SSSR count). The zero-order valence-electron chi connectivity index (χ0n) is 26.4. The van der Waals surface area contributed by atoms with Crippen molar-refractivity contribution in [2.24, 2.45) is 0 Å². The van der Waals surface area contributed by atoms with Gasteiger partial charge in [0.15, 0.2) is 0 Å². The Morgan fingerprint density at radius 1 is 0.825 bits per heavy atom. The van der Waals surface area contributed by atoms with Crippen LogP contribution in [0.2, 0.25) is 0 Å². The van der Waals surface area contributed by atoms with Crippen molar-refractivity contribution in [3.63, 3.8) is 0 Å². The summed E-state index contributed by atoms with van der Waals surface area (Å²) in [6.45, 7) is 20.8. The Morgan fingerprint density at radius 2 is 1.23 bits per heavy atom. The van der Waals surface area contributed by atoms with Gasteiger partial charge in [0.05, 0.1) is 0 Å². The fourth-order valence-corrected chi connectivity index (χ4v) is 3.30. The molecule has 3 heteroatoms. The van der Waals surface area contributed by atoms with Crippen molar-refractivity contribution in [3.8, 4) is 11.8 Å². The first-order valence-electron chi connectivity index (χ1n) is 14.2. The normalized spacial score (nSPS) is 12.2. The Balaban J connectivity index is -0.000000429. The minimum absolute atomic E-state index is 0. The van der Waals surface area contributed by atoms with E-state index in [0.717, 1.165) is 11.6 Å². The van der Waals surface area contributed by atoms with Gasteiger partial charge < -0.3 is 10.6 Å². The van der Waals surface area contributed by atoms with Gasteiger partial charge in [-0.15, -0.1) is 12.5 Å². The van der Waals surface area contributed by atoms with Gasteiger partial charge in [0.2, 0.25) is 0 Å². The van der Waals surface area contributed by atoms with Crippen molar-refractivity contribution in [2.75, 3.05) is 20.1 Å². The van der Waals surface area contributed by atoms with Gasteiger partial charge in [0.25, 0.3) is 0 Å². The van der Waals surface area contributed by atoms with E-state index in [-0.39, 0.29) is 0 Å². The first kappa shape index (κ1) is 40.4. The minimum atomic E-state index is 0. The van der Waals surface area contributed by atoms with E-state index in [4.69, 9.17) is 5.73 Å². The Bertz CT molecular complexity index is 920. The summed E-state index contributed by atoms with van der Waals surface area (Å²) in [5.74, 6) is 5.79. The molecule has 0 aromatic heterocycles. The standard InChI is InChI=1S/C9H19N.C9H8.C8H10.C6H6.C4H8.CH4N.Md/c1-3-5-7-10-8-6-9(10)4-2;1-2-6-9-7-4-3-5-8-9;1-7-3-5-8(2)6-4-7;1-2-4-6-5-3-1;1-4(2)3;1-2;/h9H,3-8H2,1-2H3;3-5,7-8H,1H3;3-6H,1-2H3;1-6H;1H2,2-3H3;2H,1H3;/q;;;;;-1;. The number of rotatable bonds is 4. The molecule has 1 radical (unpaired) electrons. The van der Waals surface area contributed by atoms with E-state index in [1.165, 1.54) is 62.5 Å². The average Bonchev–Trinajstić information content (AvgIpc) is 2.94. The number of aryl methyl sites for hydroxylation is 2. The van der Waals surface area contributed by atoms with Crippen molar-refractivity contribution in [1.82, 2.24) is 4.90 Å². The molecule has 0 saturated carbocycles. The van der Waals surface area contributed by atoms with Crippen LogP contribution in [-0.4, -0.2) is 31.1 Å². The Kier molecular flexibility index (Phi) is 29.7. The number of nitrogens with one attached hydrogen (secondary N) is 1. The fraction of sp³-hybridized carbons (Fsp3) is 0.405. The number of benzene rings is 3. The second-order valence-corrected chi connectivity index (χ2v) is 9.50. The quantitative estimate of drug-likeness (QED) is 0.191. The average molecular weight is 786 g/mol. The summed E-state index contributed by atoms with van der Waals surface area (Å²) < 4.78 is 0. The van der Waals surface area contributed by atoms with Crippen LogP contribution in [0, 0.1) is 25.7 Å². The van der Waals surface area contributed by atoms with Crippen LogP contribution in [0.1, 0.15) is 77.0 Å². The molecule has 1 fully saturated rings. The Hall–Kier alpha value is -4.12. The molecule has 3 aromatic carbocycles. The maximum Gasteiger partial charge on any atom is 0.0245 e. The van der Waals surface area contributed by atoms with Gasteiger partial charge in [0, 0.05) is 11.6 Å². The van der Waals surface area contributed by atoms with Gasteiger partial charge in [-0.2, -0.15) is 7.05 Å². The zero-order valence-corrected chi connectivity index (χ0v) is 28.7. The third kappa shape index (κ3) is 25.5. The molecular weight excluding hydrogens is 730 g/mol. The monoisotopic (exact) mass is 786 g/mol. The molecule has 0 spiro atoms. The predicted molar refractivity (Wildman–Crippen MR) is 177 cm³/mol. The van der Waals surface area contributed by atoms with Crippen molar-refractivity contribution in [1.29, 1.82) is 0 Å². The summed E-state index contributed by atoms with van der Waals surface area (Å²) >= 11 is 0. The maximum absolute atomic E-state index is 5.75. The summed E-state index contributed by atoms with van der Waals surface area (Å²) in [5.41, 5.74) is 10.7. The number of allylic oxidation sites excluding steroid dienone is 1. The Labute approximate surface area is 242 Å². The van der Waals surface area contributed by atoms with Crippen molar-refractivity contribution < 1.29 is 0 Å². The molecule has 0 amide bonds. The van der Waals surface area contributed by atoms with Crippen LogP contribution in [0.25, 0.3) is 5.73 Å². The molecule has 2 nitrogen and oxygen atoms in total. The first-order chi connectivity index (χ1) is 18.8. The Morgan fingerprint density at radius 3 is 1.52 bits per heavy atom. The zero-order chi connectivity index (χ0) is 29.7. The number of hydrogen-bond donors (Lipinski definition) is 0. The summed E-state index contributed by atoms with van der Waals surface area (Å²) in [5, 5.41) is 0. The van der Waals surface area contributed by atoms with Crippen LogP contribution >= 0.6 is 0 Å². The first-order valence-corrected chi connectivity index (χ1v) is 14.2. The molecule has 1 atom stereocenters. The van der Waals surface area contributed by atoms with Gasteiger partial charge in [0.1, 0.15) is 0 Å². The molecule has 1 aliphatic heterocycles. The summed E-state index contributed by atoms with van der Waals surface area (Å²) in [7, 11) is 1.25. The number of unbranched alkanes of at least 4 members (excludes halogenated alkanes) is 1. The van der Waals surface area contributed by atoms with Gasteiger partial charge >= 0.3 is 0 Å². The summed E-state index contributed by atoms with van der Waals surface area (Å²) in [4.78, 5) is 2.61. The second-order valence-electron chi connectivity index (χ2n) is 9.50. The van der Waals surface area contributed by atoms with Gasteiger partial charge in [-0.25, -0.2) is 0 Å². The van der Waals surface area contributed by atoms with Gasteiger partial charge in [-0.3, -0.25) is 0 Å². The SMILES string of the molecule is C=C(C)C.CC#Cc1ccccc1.CCCCN1CCC1CC.C[NH-].Cc1ccc(C)cc1.[Md].c1ccccc1. The van der Waals surface area contributed by atoms with Crippen LogP contribution in [-0.2, 0) is 0 Å². The molecule has 40 heavy (non-hydrogen) atoms. The third-order valence-corrected chi connectivity index (χ3v) is 5.46. The molecule has 1 unspecified atom stereocenters. The summed E-state index contributed by atoms with van der Waals surface area (Å²) in [6, 6.07) is 31.4. The molecule has 227 valence electrons. The van der Waals surface area contributed by atoms with Crippen LogP contribution in [0.15, 0.2) is 103 Å². The van der Waals surface area contributed by atoms with Crippen molar-refractivity contribution >= 4 is 0 Å². The molecule has 1 saturated heterocycles. The van der Waals surface area contributed by atoms with Gasteiger partial charge in [-0.05, 0) is 79.1 Å². The minimum Gasteiger partial charge on any atom is -0.680 e. The number of nitrogens with zero attached hydrogens (tertiary/aromatic N) is 1. The van der Waals surface area contributed by atoms with Crippen molar-refractivity contribution in [2.45, 2.75) is 80.2 Å². The second kappa shape index (κ2) is 29.4. The van der Waals surface area contributed by atoms with Crippen LogP contribution in [0.3, 0.4) is 0 Å². The topological polar surface area (TPSA) is 27.0 Å². The largest absolute Gasteiger partial charge is 0.680 e. The summed E-state index contributed by atoms with van der Waals surface area (Å²) in [6.07, 6.45) is 5.52. The van der Waals surface area contributed by atoms with Gasteiger partial charge in [-0.1, -0.05) is 122 Å². The van der Waals surface area contributed by atoms with Crippen LogP contribution < -0.4 is 0 Å². The molecule has 1 heterocycles. The predicted octanol–water partition coefficient (Wildman–Crippen LogP) is 10.6. The van der Waals surface area contributed by atoms with E-state index < -0.39 is 0 Å². The molecule has 0 bridgehead atoms. The van der Waals surface area contributed by atoms with E-state index >= 15 is 0 Å². The third-order valence-electron chi connectivity index (χ3n) is 5.46. The van der Waals surface area contributed by atoms with E-state index in [2.05, 4.69) is 75.3 Å². The maximum atomic E-state index is 5.75. The van der Waals surface area contributed by atoms with E-state index in [1.54, 1.807) is 0 Å². The fourth-order valence-electron chi connectivity index (χ4n) is 3.30. The molecule has 0 aliphatic carbocycles.